The third-order valence-electron chi connectivity index (χ3n) is 2.08. The van der Waals surface area contributed by atoms with Gasteiger partial charge in [-0.2, -0.15) is 0 Å². The molecule has 0 amide bonds. The first-order valence-electron chi connectivity index (χ1n) is 5.18. The van der Waals surface area contributed by atoms with E-state index in [9.17, 15) is 4.79 Å². The van der Waals surface area contributed by atoms with E-state index in [4.69, 9.17) is 13.0 Å². The van der Waals surface area contributed by atoms with Crippen LogP contribution in [0.2, 0.25) is 5.02 Å². The Kier molecular flexibility index (Phi) is 2.28. The predicted molar refractivity (Wildman–Crippen MR) is 61.8 cm³/mol. The first-order valence-corrected chi connectivity index (χ1v) is 4.85. The summed E-state index contributed by atoms with van der Waals surface area (Å²) in [6.45, 7) is 0.161. The van der Waals surface area contributed by atoms with Crippen LogP contribution < -0.4 is 5.56 Å². The van der Waals surface area contributed by atoms with E-state index in [0.717, 1.165) is 11.3 Å². The van der Waals surface area contributed by atoms with Gasteiger partial charge < -0.3 is 0 Å². The molecule has 0 unspecified atom stereocenters. The summed E-state index contributed by atoms with van der Waals surface area (Å²) in [5, 5.41) is 0.633. The van der Waals surface area contributed by atoms with E-state index in [-0.39, 0.29) is 12.5 Å². The molecule has 76 valence electrons. The van der Waals surface area contributed by atoms with Crippen LogP contribution in [0.15, 0.2) is 47.4 Å². The molecule has 15 heavy (non-hydrogen) atoms. The Morgan fingerprint density at radius 2 is 1.93 bits per heavy atom. The number of rotatable bonds is 1. The van der Waals surface area contributed by atoms with Crippen molar-refractivity contribution < 1.29 is 1.37 Å². The molecule has 0 N–H and O–H groups in total. The Labute approximate surface area is 94.2 Å². The lowest BCUT2D eigenvalue weighted by Crippen LogP contribution is -2.16. The first kappa shape index (κ1) is 8.74. The number of pyridine rings is 1. The fourth-order valence-electron chi connectivity index (χ4n) is 1.33. The Balaban J connectivity index is 2.54. The molecule has 0 saturated carbocycles. The van der Waals surface area contributed by atoms with Gasteiger partial charge in [0.05, 0.1) is 0 Å². The lowest BCUT2D eigenvalue weighted by molar-refractivity contribution is 0.977. The number of nitrogens with zero attached hydrogens (tertiary/aromatic N) is 1. The van der Waals surface area contributed by atoms with E-state index in [0.29, 0.717) is 5.02 Å². The number of aryl methyl sites for hydroxylation is 1. The highest BCUT2D eigenvalue weighted by molar-refractivity contribution is 6.30. The third kappa shape index (κ3) is 2.10. The van der Waals surface area contributed by atoms with Crippen LogP contribution >= 0.6 is 11.6 Å². The van der Waals surface area contributed by atoms with Crippen molar-refractivity contribution in [3.63, 3.8) is 0 Å². The van der Waals surface area contributed by atoms with Gasteiger partial charge in [0.15, 0.2) is 0 Å². The van der Waals surface area contributed by atoms with Crippen LogP contribution in [0, 0.1) is 6.90 Å². The van der Waals surface area contributed by atoms with Crippen LogP contribution in [0.4, 0.5) is 0 Å². The van der Waals surface area contributed by atoms with Crippen molar-refractivity contribution in [2.75, 3.05) is 0 Å². The van der Waals surface area contributed by atoms with Crippen LogP contribution in [-0.2, 0) is 0 Å². The van der Waals surface area contributed by atoms with E-state index in [2.05, 4.69) is 0 Å². The number of hydrogen-bond donors (Lipinski definition) is 0. The highest BCUT2D eigenvalue weighted by Crippen LogP contribution is 2.12. The fraction of sp³-hybridized carbons (Fsp3) is 0.0833. The number of aromatic nitrogens is 1. The lowest BCUT2D eigenvalue weighted by Gasteiger charge is -2.05. The van der Waals surface area contributed by atoms with Crippen molar-refractivity contribution in [1.29, 1.82) is 0 Å². The molecule has 3 heteroatoms. The van der Waals surface area contributed by atoms with Crippen molar-refractivity contribution in [2.24, 2.45) is 0 Å². The third-order valence-corrected chi connectivity index (χ3v) is 2.33. The predicted octanol–water partition coefficient (Wildman–Crippen LogP) is 2.80. The lowest BCUT2D eigenvalue weighted by atomic mass is 10.2. The molecule has 0 saturated heterocycles. The molecule has 0 radical (unpaired) electrons. The van der Waals surface area contributed by atoms with Gasteiger partial charge in [-0.3, -0.25) is 9.36 Å². The SMILES string of the molecule is [2H]Cc1ccc(=O)n(-c2ccc(Cl)cc2)c1. The molecule has 0 aliphatic rings. The van der Waals surface area contributed by atoms with Gasteiger partial charge in [-0.15, -0.1) is 0 Å². The molecule has 1 heterocycles. The fourth-order valence-corrected chi connectivity index (χ4v) is 1.46. The van der Waals surface area contributed by atoms with Crippen molar-refractivity contribution in [3.8, 4) is 5.69 Å². The summed E-state index contributed by atoms with van der Waals surface area (Å²) in [4.78, 5) is 11.6. The zero-order valence-corrected chi connectivity index (χ0v) is 8.74. The molecule has 1 aromatic carbocycles. The molecule has 0 bridgehead atoms. The summed E-state index contributed by atoms with van der Waals surface area (Å²) in [5.41, 5.74) is 1.44. The quantitative estimate of drug-likeness (QED) is 0.725. The van der Waals surface area contributed by atoms with Gasteiger partial charge >= 0.3 is 0 Å². The molecule has 1 aromatic heterocycles. The molecule has 2 nitrogen and oxygen atoms in total. The van der Waals surface area contributed by atoms with Crippen LogP contribution in [0.25, 0.3) is 5.69 Å². The summed E-state index contributed by atoms with van der Waals surface area (Å²) in [7, 11) is 0. The van der Waals surface area contributed by atoms with Crippen molar-refractivity contribution in [2.45, 2.75) is 6.90 Å². The first-order chi connectivity index (χ1) is 7.70. The maximum atomic E-state index is 11.6. The van der Waals surface area contributed by atoms with Crippen molar-refractivity contribution in [3.05, 3.63) is 63.5 Å². The molecule has 0 aliphatic carbocycles. The zero-order valence-electron chi connectivity index (χ0n) is 8.98. The highest BCUT2D eigenvalue weighted by atomic mass is 35.5. The summed E-state index contributed by atoms with van der Waals surface area (Å²) < 4.78 is 8.79. The topological polar surface area (TPSA) is 22.0 Å². The van der Waals surface area contributed by atoms with E-state index in [1.165, 1.54) is 10.6 Å². The smallest absolute Gasteiger partial charge is 0.255 e. The molecule has 2 aromatic rings. The van der Waals surface area contributed by atoms with Crippen LogP contribution in [-0.4, -0.2) is 4.57 Å². The largest absolute Gasteiger partial charge is 0.284 e. The minimum Gasteiger partial charge on any atom is -0.284 e. The minimum absolute atomic E-state index is 0.112. The summed E-state index contributed by atoms with van der Waals surface area (Å²) in [6.07, 6.45) is 1.68. The normalized spacial score (nSPS) is 11.1. The van der Waals surface area contributed by atoms with Crippen LogP contribution in [0.5, 0.6) is 0 Å². The molecular formula is C12H10ClNO. The average Bonchev–Trinajstić information content (AvgIpc) is 2.31. The molecule has 0 aliphatic heterocycles. The molecule has 0 fully saturated rings. The average molecular weight is 221 g/mol. The standard InChI is InChI=1S/C12H10ClNO/c1-9-2-7-12(15)14(8-9)11-5-3-10(13)4-6-11/h2-8H,1H3/i1D. The maximum Gasteiger partial charge on any atom is 0.255 e. The van der Waals surface area contributed by atoms with Gasteiger partial charge in [0.2, 0.25) is 0 Å². The summed E-state index contributed by atoms with van der Waals surface area (Å²) >= 11 is 5.78. The van der Waals surface area contributed by atoms with Crippen LogP contribution in [0.1, 0.15) is 6.93 Å². The van der Waals surface area contributed by atoms with Crippen LogP contribution in [0.3, 0.4) is 0 Å². The molecule has 0 spiro atoms. The number of halogens is 1. The van der Waals surface area contributed by atoms with E-state index < -0.39 is 0 Å². The van der Waals surface area contributed by atoms with Crippen molar-refractivity contribution >= 4 is 11.6 Å². The monoisotopic (exact) mass is 220 g/mol. The van der Waals surface area contributed by atoms with Gasteiger partial charge in [-0.05, 0) is 36.7 Å². The Bertz CT molecular complexity index is 548. The van der Waals surface area contributed by atoms with Gasteiger partial charge in [0, 0.05) is 24.3 Å². The number of hydrogen-bond acceptors (Lipinski definition) is 1. The van der Waals surface area contributed by atoms with Gasteiger partial charge in [-0.25, -0.2) is 0 Å². The Hall–Kier alpha value is -1.54. The number of benzene rings is 1. The van der Waals surface area contributed by atoms with Gasteiger partial charge in [0.1, 0.15) is 0 Å². The Morgan fingerprint density at radius 3 is 2.60 bits per heavy atom. The molecule has 2 rings (SSSR count). The van der Waals surface area contributed by atoms with Gasteiger partial charge in [0.25, 0.3) is 5.56 Å². The van der Waals surface area contributed by atoms with E-state index >= 15 is 0 Å². The van der Waals surface area contributed by atoms with Gasteiger partial charge in [-0.1, -0.05) is 17.7 Å². The second-order valence-corrected chi connectivity index (χ2v) is 3.66. The molecule has 0 atom stereocenters. The van der Waals surface area contributed by atoms with Crippen molar-refractivity contribution in [1.82, 2.24) is 4.57 Å². The second-order valence-electron chi connectivity index (χ2n) is 3.22. The van der Waals surface area contributed by atoms with E-state index in [1.54, 1.807) is 36.5 Å². The minimum atomic E-state index is -0.112. The Morgan fingerprint density at radius 1 is 1.20 bits per heavy atom. The second kappa shape index (κ2) is 3.91. The molecular weight excluding hydrogens is 210 g/mol. The zero-order chi connectivity index (χ0) is 11.5. The van der Waals surface area contributed by atoms with E-state index in [1.807, 2.05) is 0 Å². The maximum absolute atomic E-state index is 11.6. The highest BCUT2D eigenvalue weighted by Gasteiger charge is 1.98. The summed E-state index contributed by atoms with van der Waals surface area (Å²) in [6, 6.07) is 10.2. The summed E-state index contributed by atoms with van der Waals surface area (Å²) in [5.74, 6) is 0.